The molecule has 1 fully saturated rings. The molecule has 2 aliphatic rings. The molecule has 7 rings (SSSR count). The van der Waals surface area contributed by atoms with Gasteiger partial charge in [0.2, 0.25) is 5.88 Å². The van der Waals surface area contributed by atoms with Crippen LogP contribution in [0.3, 0.4) is 0 Å². The number of hydrogen-bond acceptors (Lipinski definition) is 4. The van der Waals surface area contributed by atoms with E-state index < -0.39 is 16.1 Å². The highest BCUT2D eigenvalue weighted by molar-refractivity contribution is 7.91. The van der Waals surface area contributed by atoms with Gasteiger partial charge in [0.25, 0.3) is 0 Å². The van der Waals surface area contributed by atoms with Crippen LogP contribution in [-0.4, -0.2) is 23.1 Å². The summed E-state index contributed by atoms with van der Waals surface area (Å²) in [5, 5.41) is 10.8. The SMILES string of the molecule is O=S1(=O)NC(O)=CN1c1cccc(-n2cc(-c3ccc(Cl)cc3Cl)nc2Cc2ccc(-c3ccc(CCC4CCCC4)cc3)cc2)c1. The molecular weight excluding hydrogens is 651 g/mol. The Balaban J connectivity index is 1.16. The van der Waals surface area contributed by atoms with Crippen molar-refractivity contribution in [2.24, 2.45) is 5.92 Å². The van der Waals surface area contributed by atoms with Crippen molar-refractivity contribution in [3.63, 3.8) is 0 Å². The Morgan fingerprint density at radius 3 is 2.19 bits per heavy atom. The van der Waals surface area contributed by atoms with Crippen LogP contribution in [0.1, 0.15) is 49.1 Å². The summed E-state index contributed by atoms with van der Waals surface area (Å²) in [5.41, 5.74) is 7.25. The molecule has 1 aliphatic heterocycles. The quantitative estimate of drug-likeness (QED) is 0.162. The molecule has 0 radical (unpaired) electrons. The zero-order valence-electron chi connectivity index (χ0n) is 25.6. The van der Waals surface area contributed by atoms with E-state index in [-0.39, 0.29) is 0 Å². The minimum atomic E-state index is -3.94. The average Bonchev–Trinajstić information content (AvgIpc) is 3.79. The largest absolute Gasteiger partial charge is 0.493 e. The van der Waals surface area contributed by atoms with E-state index in [9.17, 15) is 13.5 Å². The molecule has 2 N–H and O–H groups in total. The molecule has 0 unspecified atom stereocenters. The number of aryl methyl sites for hydroxylation is 1. The minimum absolute atomic E-state index is 0.360. The molecule has 0 atom stereocenters. The monoisotopic (exact) mass is 684 g/mol. The summed E-state index contributed by atoms with van der Waals surface area (Å²) in [6.07, 6.45) is 11.5. The van der Waals surface area contributed by atoms with E-state index >= 15 is 0 Å². The summed E-state index contributed by atoms with van der Waals surface area (Å²) in [7, 11) is -3.94. The van der Waals surface area contributed by atoms with Gasteiger partial charge in [0.15, 0.2) is 0 Å². The predicted octanol–water partition coefficient (Wildman–Crippen LogP) is 9.24. The number of hydrogen-bond donors (Lipinski definition) is 2. The Morgan fingerprint density at radius 1 is 0.851 bits per heavy atom. The second-order valence-electron chi connectivity index (χ2n) is 12.2. The number of aliphatic hydroxyl groups excluding tert-OH is 1. The van der Waals surface area contributed by atoms with Crippen molar-refractivity contribution in [1.29, 1.82) is 0 Å². The molecule has 5 aromatic rings. The molecule has 47 heavy (non-hydrogen) atoms. The number of halogens is 2. The highest BCUT2D eigenvalue weighted by Crippen LogP contribution is 2.33. The number of imidazole rings is 1. The highest BCUT2D eigenvalue weighted by Gasteiger charge is 2.29. The third kappa shape index (κ3) is 6.91. The van der Waals surface area contributed by atoms with Crippen LogP contribution in [0.25, 0.3) is 28.1 Å². The van der Waals surface area contributed by atoms with Gasteiger partial charge in [-0.2, -0.15) is 8.42 Å². The number of anilines is 1. The Kier molecular flexibility index (Phi) is 8.75. The fraction of sp³-hybridized carbons (Fsp3) is 0.216. The van der Waals surface area contributed by atoms with E-state index in [1.807, 2.05) is 22.9 Å². The number of aromatic nitrogens is 2. The van der Waals surface area contributed by atoms with E-state index in [4.69, 9.17) is 28.2 Å². The Labute approximate surface area is 285 Å². The first kappa shape index (κ1) is 31.4. The van der Waals surface area contributed by atoms with Crippen LogP contribution in [0.5, 0.6) is 0 Å². The summed E-state index contributed by atoms with van der Waals surface area (Å²) < 4.78 is 30.2. The van der Waals surface area contributed by atoms with Crippen LogP contribution in [0, 0.1) is 5.92 Å². The van der Waals surface area contributed by atoms with Crippen molar-refractivity contribution < 1.29 is 13.5 Å². The molecule has 10 heteroatoms. The standard InChI is InChI=1S/C37H34Cl2N4O3S/c38-30-18-19-33(34(39)21-30)35-23-42(31-6-3-7-32(22-31)43-24-37(44)41-47(43,45)46)36(40-35)20-27-12-16-29(17-13-27)28-14-10-26(11-15-28)9-8-25-4-1-2-5-25/h3,6-7,10-19,21-25,41,44H,1-2,4-5,8-9,20H2. The normalized spacial score (nSPS) is 16.0. The maximum absolute atomic E-state index is 12.6. The lowest BCUT2D eigenvalue weighted by Gasteiger charge is -2.16. The second-order valence-corrected chi connectivity index (χ2v) is 14.6. The molecule has 1 aromatic heterocycles. The first-order chi connectivity index (χ1) is 22.7. The zero-order valence-corrected chi connectivity index (χ0v) is 27.9. The van der Waals surface area contributed by atoms with Gasteiger partial charge in [-0.3, -0.25) is 0 Å². The Morgan fingerprint density at radius 2 is 1.53 bits per heavy atom. The van der Waals surface area contributed by atoms with E-state index in [2.05, 4.69) is 53.3 Å². The Hall–Kier alpha value is -4.24. The van der Waals surface area contributed by atoms with Crippen molar-refractivity contribution in [1.82, 2.24) is 14.3 Å². The van der Waals surface area contributed by atoms with E-state index in [0.29, 0.717) is 33.5 Å². The molecule has 1 aliphatic carbocycles. The lowest BCUT2D eigenvalue weighted by atomic mass is 9.96. The third-order valence-electron chi connectivity index (χ3n) is 9.00. The maximum atomic E-state index is 12.6. The topological polar surface area (TPSA) is 87.5 Å². The van der Waals surface area contributed by atoms with Crippen molar-refractivity contribution in [3.05, 3.63) is 136 Å². The number of rotatable bonds is 9. The molecule has 1 saturated carbocycles. The van der Waals surface area contributed by atoms with Crippen LogP contribution in [0.15, 0.2) is 109 Å². The lowest BCUT2D eigenvalue weighted by Crippen LogP contribution is -2.29. The van der Waals surface area contributed by atoms with Crippen LogP contribution in [-0.2, 0) is 23.1 Å². The smallest absolute Gasteiger partial charge is 0.330 e. The van der Waals surface area contributed by atoms with Crippen LogP contribution in [0.2, 0.25) is 10.0 Å². The average molecular weight is 686 g/mol. The molecular formula is C37H34Cl2N4O3S. The zero-order chi connectivity index (χ0) is 32.5. The van der Waals surface area contributed by atoms with Gasteiger partial charge in [0, 0.05) is 28.9 Å². The van der Waals surface area contributed by atoms with Crippen LogP contribution in [0.4, 0.5) is 5.69 Å². The summed E-state index contributed by atoms with van der Waals surface area (Å²) in [5.74, 6) is 1.19. The van der Waals surface area contributed by atoms with Gasteiger partial charge >= 0.3 is 10.2 Å². The van der Waals surface area contributed by atoms with Crippen molar-refractivity contribution in [2.45, 2.75) is 44.9 Å². The summed E-state index contributed by atoms with van der Waals surface area (Å²) in [6.45, 7) is 0. The third-order valence-corrected chi connectivity index (χ3v) is 10.8. The fourth-order valence-corrected chi connectivity index (χ4v) is 8.06. The van der Waals surface area contributed by atoms with Crippen molar-refractivity contribution in [2.75, 3.05) is 4.31 Å². The Bertz CT molecular complexity index is 2050. The first-order valence-corrected chi connectivity index (χ1v) is 18.0. The van der Waals surface area contributed by atoms with Crippen molar-refractivity contribution >= 4 is 39.1 Å². The fourth-order valence-electron chi connectivity index (χ4n) is 6.51. The number of aliphatic hydroxyl groups is 1. The van der Waals surface area contributed by atoms with Gasteiger partial charge in [0.05, 0.1) is 22.6 Å². The molecule has 240 valence electrons. The van der Waals surface area contributed by atoms with Gasteiger partial charge in [0.1, 0.15) is 5.82 Å². The summed E-state index contributed by atoms with van der Waals surface area (Å²) in [6, 6.07) is 29.8. The molecule has 2 heterocycles. The van der Waals surface area contributed by atoms with Gasteiger partial charge < -0.3 is 9.67 Å². The van der Waals surface area contributed by atoms with Gasteiger partial charge in [-0.25, -0.2) is 14.0 Å². The summed E-state index contributed by atoms with van der Waals surface area (Å²) >= 11 is 12.7. The summed E-state index contributed by atoms with van der Waals surface area (Å²) in [4.78, 5) is 4.99. The second kappa shape index (κ2) is 13.1. The molecule has 4 aromatic carbocycles. The minimum Gasteiger partial charge on any atom is -0.493 e. The molecule has 0 amide bonds. The predicted molar refractivity (Wildman–Crippen MR) is 189 cm³/mol. The molecule has 7 nitrogen and oxygen atoms in total. The van der Waals surface area contributed by atoms with Crippen LogP contribution >= 0.6 is 23.2 Å². The van der Waals surface area contributed by atoms with Gasteiger partial charge in [-0.15, -0.1) is 0 Å². The number of benzene rings is 4. The lowest BCUT2D eigenvalue weighted by molar-refractivity contribution is 0.392. The number of nitrogens with zero attached hydrogens (tertiary/aromatic N) is 3. The number of nitrogens with one attached hydrogen (secondary N) is 1. The van der Waals surface area contributed by atoms with Crippen LogP contribution < -0.4 is 9.03 Å². The van der Waals surface area contributed by atoms with Gasteiger partial charge in [-0.05, 0) is 77.4 Å². The molecule has 0 spiro atoms. The first-order valence-electron chi connectivity index (χ1n) is 15.8. The van der Waals surface area contributed by atoms with E-state index in [0.717, 1.165) is 45.4 Å². The molecule has 0 saturated heterocycles. The highest BCUT2D eigenvalue weighted by atomic mass is 35.5. The van der Waals surface area contributed by atoms with Crippen molar-refractivity contribution in [3.8, 4) is 28.1 Å². The van der Waals surface area contributed by atoms with E-state index in [1.54, 1.807) is 30.3 Å². The molecule has 0 bridgehead atoms. The van der Waals surface area contributed by atoms with Gasteiger partial charge in [-0.1, -0.05) is 103 Å². The van der Waals surface area contributed by atoms with E-state index in [1.165, 1.54) is 43.2 Å². The maximum Gasteiger partial charge on any atom is 0.330 e.